The zero-order chi connectivity index (χ0) is 27.9. The van der Waals surface area contributed by atoms with Crippen molar-refractivity contribution in [2.45, 2.75) is 13.1 Å². The SMILES string of the molecule is CCOc1cc(Oc2ccc(C(F)(F)F)cc2Cl)ccc1[N+](=O)[O-].C[n+]1ccc(-c2cc[n+](C)cc2)cc1. The summed E-state index contributed by atoms with van der Waals surface area (Å²) in [5.74, 6) is 0.120. The number of hydrogen-bond donors (Lipinski definition) is 0. The predicted octanol–water partition coefficient (Wildman–Crippen LogP) is 6.46. The molecule has 2 aromatic heterocycles. The molecule has 7 nitrogen and oxygen atoms in total. The molecule has 0 amide bonds. The van der Waals surface area contributed by atoms with E-state index in [1.54, 1.807) is 6.92 Å². The van der Waals surface area contributed by atoms with Crippen LogP contribution in [0, 0.1) is 10.1 Å². The van der Waals surface area contributed by atoms with Crippen molar-refractivity contribution in [2.24, 2.45) is 14.1 Å². The molecule has 0 spiro atoms. The molecule has 0 aliphatic carbocycles. The van der Waals surface area contributed by atoms with Gasteiger partial charge in [0.2, 0.25) is 5.75 Å². The average Bonchev–Trinajstić information content (AvgIpc) is 2.86. The van der Waals surface area contributed by atoms with E-state index in [2.05, 4.69) is 49.1 Å². The molecule has 0 bridgehead atoms. The summed E-state index contributed by atoms with van der Waals surface area (Å²) in [5.41, 5.74) is 1.36. The van der Waals surface area contributed by atoms with Crippen LogP contribution in [0.1, 0.15) is 12.5 Å². The van der Waals surface area contributed by atoms with Crippen LogP contribution in [0.25, 0.3) is 11.1 Å². The highest BCUT2D eigenvalue weighted by Gasteiger charge is 2.31. The standard InChI is InChI=1S/C15H11ClF3NO4.C12H14N2/c1-2-23-14-8-10(4-5-12(14)20(21)22)24-13-6-3-9(7-11(13)16)15(17,18)19;1-13-7-3-11(4-8-13)12-5-9-14(2)10-6-12/h3-8H,2H2,1H3;3-10H,1-2H3/q;+2. The first kappa shape index (κ1) is 28.4. The van der Waals surface area contributed by atoms with Gasteiger partial charge in [-0.05, 0) is 42.3 Å². The number of rotatable bonds is 6. The van der Waals surface area contributed by atoms with Gasteiger partial charge in [0.1, 0.15) is 25.6 Å². The molecule has 0 aliphatic rings. The van der Waals surface area contributed by atoms with Crippen molar-refractivity contribution in [2.75, 3.05) is 6.61 Å². The Hall–Kier alpha value is -4.18. The minimum atomic E-state index is -4.52. The van der Waals surface area contributed by atoms with E-state index in [0.717, 1.165) is 18.2 Å². The second-order valence-electron chi connectivity index (χ2n) is 8.07. The van der Waals surface area contributed by atoms with Crippen LogP contribution in [0.5, 0.6) is 17.2 Å². The van der Waals surface area contributed by atoms with Gasteiger partial charge in [-0.2, -0.15) is 13.2 Å². The lowest BCUT2D eigenvalue weighted by atomic mass is 10.1. The van der Waals surface area contributed by atoms with Crippen LogP contribution < -0.4 is 18.6 Å². The Balaban J connectivity index is 0.000000241. The zero-order valence-corrected chi connectivity index (χ0v) is 21.5. The quantitative estimate of drug-likeness (QED) is 0.158. The second kappa shape index (κ2) is 12.4. The molecule has 4 aromatic rings. The highest BCUT2D eigenvalue weighted by molar-refractivity contribution is 6.32. The molecule has 4 rings (SSSR count). The lowest BCUT2D eigenvalue weighted by Gasteiger charge is -2.12. The molecule has 11 heteroatoms. The molecule has 0 saturated carbocycles. The third-order valence-corrected chi connectivity index (χ3v) is 5.50. The number of nitrogens with zero attached hydrogens (tertiary/aromatic N) is 3. The summed E-state index contributed by atoms with van der Waals surface area (Å²) in [6, 6.07) is 14.9. The summed E-state index contributed by atoms with van der Waals surface area (Å²) in [7, 11) is 4.05. The number of nitro benzene ring substituents is 1. The first-order valence-electron chi connectivity index (χ1n) is 11.3. The zero-order valence-electron chi connectivity index (χ0n) is 20.8. The van der Waals surface area contributed by atoms with E-state index in [0.29, 0.717) is 0 Å². The van der Waals surface area contributed by atoms with E-state index in [4.69, 9.17) is 21.1 Å². The summed E-state index contributed by atoms with van der Waals surface area (Å²) < 4.78 is 52.4. The maximum atomic E-state index is 12.6. The van der Waals surface area contributed by atoms with Crippen LogP contribution in [0.15, 0.2) is 85.5 Å². The number of benzene rings is 2. The van der Waals surface area contributed by atoms with Gasteiger partial charge in [-0.25, -0.2) is 9.13 Å². The van der Waals surface area contributed by atoms with E-state index in [1.165, 1.54) is 29.3 Å². The molecule has 0 fully saturated rings. The van der Waals surface area contributed by atoms with Gasteiger partial charge < -0.3 is 9.47 Å². The number of nitro groups is 1. The maximum Gasteiger partial charge on any atom is 0.416 e. The molecule has 2 aromatic carbocycles. The Kier molecular flexibility index (Phi) is 9.25. The minimum absolute atomic E-state index is 0.0111. The van der Waals surface area contributed by atoms with Crippen LogP contribution >= 0.6 is 11.6 Å². The first-order chi connectivity index (χ1) is 18.0. The van der Waals surface area contributed by atoms with Crippen LogP contribution in [0.4, 0.5) is 18.9 Å². The summed E-state index contributed by atoms with van der Waals surface area (Å²) >= 11 is 5.80. The molecule has 0 radical (unpaired) electrons. The molecule has 0 N–H and O–H groups in total. The third-order valence-electron chi connectivity index (χ3n) is 5.21. The Morgan fingerprint density at radius 2 is 1.42 bits per heavy atom. The molecular weight excluding hydrogens is 523 g/mol. The van der Waals surface area contributed by atoms with Gasteiger partial charge in [0.15, 0.2) is 24.8 Å². The number of aromatic nitrogens is 2. The summed E-state index contributed by atoms with van der Waals surface area (Å²) in [6.45, 7) is 1.86. The summed E-state index contributed by atoms with van der Waals surface area (Å²) in [6.07, 6.45) is 3.72. The Morgan fingerprint density at radius 3 is 1.87 bits per heavy atom. The van der Waals surface area contributed by atoms with Crippen LogP contribution in [0.2, 0.25) is 5.02 Å². The molecule has 198 valence electrons. The molecule has 0 saturated heterocycles. The fourth-order valence-corrected chi connectivity index (χ4v) is 3.47. The van der Waals surface area contributed by atoms with Gasteiger partial charge in [0.25, 0.3) is 0 Å². The number of hydrogen-bond acceptors (Lipinski definition) is 4. The van der Waals surface area contributed by atoms with E-state index in [9.17, 15) is 23.3 Å². The van der Waals surface area contributed by atoms with Crippen molar-refractivity contribution >= 4 is 17.3 Å². The van der Waals surface area contributed by atoms with Gasteiger partial charge in [0, 0.05) is 36.4 Å². The van der Waals surface area contributed by atoms with Gasteiger partial charge in [0.05, 0.1) is 22.1 Å². The van der Waals surface area contributed by atoms with Gasteiger partial charge in [-0.15, -0.1) is 0 Å². The predicted molar refractivity (Wildman–Crippen MR) is 135 cm³/mol. The number of pyridine rings is 2. The maximum absolute atomic E-state index is 12.6. The van der Waals surface area contributed by atoms with E-state index < -0.39 is 16.7 Å². The summed E-state index contributed by atoms with van der Waals surface area (Å²) in [5, 5.41) is 10.7. The lowest BCUT2D eigenvalue weighted by molar-refractivity contribution is -0.671. The Bertz CT molecular complexity index is 1350. The van der Waals surface area contributed by atoms with Gasteiger partial charge in [-0.3, -0.25) is 10.1 Å². The minimum Gasteiger partial charge on any atom is -0.487 e. The molecule has 0 unspecified atom stereocenters. The topological polar surface area (TPSA) is 69.4 Å². The normalized spacial score (nSPS) is 10.8. The van der Waals surface area contributed by atoms with Crippen LogP contribution in [-0.2, 0) is 20.3 Å². The van der Waals surface area contributed by atoms with Crippen molar-refractivity contribution in [1.29, 1.82) is 0 Å². The molecule has 0 aliphatic heterocycles. The van der Waals surface area contributed by atoms with E-state index in [-0.39, 0.29) is 34.6 Å². The summed E-state index contributed by atoms with van der Waals surface area (Å²) in [4.78, 5) is 10.3. The van der Waals surface area contributed by atoms with Crippen LogP contribution in [0.3, 0.4) is 0 Å². The fraction of sp³-hybridized carbons (Fsp3) is 0.185. The number of halogens is 4. The largest absolute Gasteiger partial charge is 0.487 e. The van der Waals surface area contributed by atoms with Crippen molar-refractivity contribution in [3.05, 3.63) is 106 Å². The molecule has 38 heavy (non-hydrogen) atoms. The fourth-order valence-electron chi connectivity index (χ4n) is 3.25. The molecule has 0 atom stereocenters. The monoisotopic (exact) mass is 547 g/mol. The van der Waals surface area contributed by atoms with Crippen molar-refractivity contribution < 1.29 is 36.7 Å². The molecule has 2 heterocycles. The van der Waals surface area contributed by atoms with Crippen molar-refractivity contribution in [3.63, 3.8) is 0 Å². The first-order valence-corrected chi connectivity index (χ1v) is 11.7. The number of alkyl halides is 3. The van der Waals surface area contributed by atoms with Gasteiger partial charge >= 0.3 is 11.9 Å². The highest BCUT2D eigenvalue weighted by atomic mass is 35.5. The van der Waals surface area contributed by atoms with E-state index >= 15 is 0 Å². The number of aryl methyl sites for hydroxylation is 2. The average molecular weight is 548 g/mol. The Labute approximate surface area is 222 Å². The second-order valence-corrected chi connectivity index (χ2v) is 8.48. The van der Waals surface area contributed by atoms with Crippen molar-refractivity contribution in [1.82, 2.24) is 0 Å². The van der Waals surface area contributed by atoms with E-state index in [1.807, 2.05) is 23.2 Å². The molecular formula is C27H25ClF3N3O4+2. The smallest absolute Gasteiger partial charge is 0.416 e. The third kappa shape index (κ3) is 7.66. The van der Waals surface area contributed by atoms with Gasteiger partial charge in [-0.1, -0.05) is 11.6 Å². The van der Waals surface area contributed by atoms with Crippen molar-refractivity contribution in [3.8, 4) is 28.4 Å². The highest BCUT2D eigenvalue weighted by Crippen LogP contribution is 2.38. The Morgan fingerprint density at radius 1 is 0.868 bits per heavy atom. The van der Waals surface area contributed by atoms with Crippen LogP contribution in [-0.4, -0.2) is 11.5 Å². The number of ether oxygens (including phenoxy) is 2. The lowest BCUT2D eigenvalue weighted by Crippen LogP contribution is -2.26.